The summed E-state index contributed by atoms with van der Waals surface area (Å²) in [5.74, 6) is 0. The zero-order valence-corrected chi connectivity index (χ0v) is 14.1. The summed E-state index contributed by atoms with van der Waals surface area (Å²) in [6.45, 7) is 2.27. The molecule has 0 aliphatic heterocycles. The van der Waals surface area contributed by atoms with Crippen LogP contribution in [0.15, 0.2) is 41.8 Å². The van der Waals surface area contributed by atoms with Crippen LogP contribution in [0, 0.1) is 20.9 Å². The first-order valence-corrected chi connectivity index (χ1v) is 9.63. The molecule has 2 heteroatoms. The Morgan fingerprint density at radius 2 is 1.73 bits per heavy atom. The summed E-state index contributed by atoms with van der Waals surface area (Å²) in [6.07, 6.45) is 3.78. The molecule has 0 unspecified atom stereocenters. The SMILES string of the molecule is CCCCc1cc2c(s1)c1c(c3ccsc32)=c2ccccc2=1. The average molecular weight is 320 g/mol. The second-order valence-corrected chi connectivity index (χ2v) is 8.07. The van der Waals surface area contributed by atoms with Crippen molar-refractivity contribution in [1.29, 1.82) is 0 Å². The molecule has 2 aromatic carbocycles. The Hall–Kier alpha value is -1.64. The Labute approximate surface area is 136 Å². The van der Waals surface area contributed by atoms with Crippen LogP contribution >= 0.6 is 22.7 Å². The highest BCUT2D eigenvalue weighted by molar-refractivity contribution is 7.22. The van der Waals surface area contributed by atoms with Gasteiger partial charge in [-0.1, -0.05) is 37.6 Å². The highest BCUT2D eigenvalue weighted by Crippen LogP contribution is 2.39. The molecule has 0 nitrogen and oxygen atoms in total. The Morgan fingerprint density at radius 3 is 2.55 bits per heavy atom. The highest BCUT2D eigenvalue weighted by atomic mass is 32.1. The molecule has 0 bridgehead atoms. The zero-order chi connectivity index (χ0) is 14.7. The van der Waals surface area contributed by atoms with Crippen molar-refractivity contribution in [3.8, 4) is 0 Å². The Kier molecular flexibility index (Phi) is 2.73. The van der Waals surface area contributed by atoms with Crippen LogP contribution < -0.4 is 0 Å². The smallest absolute Gasteiger partial charge is 0.0445 e. The number of benzene rings is 2. The molecule has 5 rings (SSSR count). The molecule has 0 saturated heterocycles. The highest BCUT2D eigenvalue weighted by Gasteiger charge is 2.15. The van der Waals surface area contributed by atoms with Crippen molar-refractivity contribution < 1.29 is 0 Å². The lowest BCUT2D eigenvalue weighted by molar-refractivity contribution is 0.804. The van der Waals surface area contributed by atoms with E-state index in [0.29, 0.717) is 0 Å². The van der Waals surface area contributed by atoms with E-state index in [1.807, 2.05) is 22.7 Å². The van der Waals surface area contributed by atoms with Crippen molar-refractivity contribution in [1.82, 2.24) is 0 Å². The number of rotatable bonds is 3. The molecule has 22 heavy (non-hydrogen) atoms. The van der Waals surface area contributed by atoms with Crippen LogP contribution in [0.3, 0.4) is 0 Å². The van der Waals surface area contributed by atoms with Crippen LogP contribution in [0.4, 0.5) is 0 Å². The molecule has 0 amide bonds. The molecule has 0 atom stereocenters. The maximum absolute atomic E-state index is 2.45. The first kappa shape index (κ1) is 12.9. The molecular weight excluding hydrogens is 304 g/mol. The van der Waals surface area contributed by atoms with Crippen LogP contribution in [-0.4, -0.2) is 0 Å². The molecule has 0 spiro atoms. The fourth-order valence-electron chi connectivity index (χ4n) is 3.63. The van der Waals surface area contributed by atoms with Gasteiger partial charge >= 0.3 is 0 Å². The number of unbranched alkanes of at least 4 members (excludes halogenated alkanes) is 1. The number of thiophene rings is 2. The van der Waals surface area contributed by atoms with Crippen LogP contribution in [0.2, 0.25) is 0 Å². The normalized spacial score (nSPS) is 12.4. The lowest BCUT2D eigenvalue weighted by Crippen LogP contribution is -1.91. The van der Waals surface area contributed by atoms with E-state index in [1.165, 1.54) is 60.3 Å². The minimum atomic E-state index is 1.22. The second kappa shape index (κ2) is 4.68. The third-order valence-electron chi connectivity index (χ3n) is 4.68. The number of fused-ring (bicyclic) bond motifs is 7. The van der Waals surface area contributed by atoms with Crippen LogP contribution in [0.5, 0.6) is 0 Å². The van der Waals surface area contributed by atoms with Crippen molar-refractivity contribution in [2.75, 3.05) is 0 Å². The van der Waals surface area contributed by atoms with Crippen molar-refractivity contribution in [2.24, 2.45) is 0 Å². The van der Waals surface area contributed by atoms with E-state index in [9.17, 15) is 0 Å². The van der Waals surface area contributed by atoms with Gasteiger partial charge in [0.2, 0.25) is 0 Å². The lowest BCUT2D eigenvalue weighted by atomic mass is 9.97. The van der Waals surface area contributed by atoms with E-state index in [0.717, 1.165) is 0 Å². The van der Waals surface area contributed by atoms with E-state index in [-0.39, 0.29) is 0 Å². The van der Waals surface area contributed by atoms with Gasteiger partial charge in [0.25, 0.3) is 0 Å². The molecule has 2 aromatic heterocycles. The van der Waals surface area contributed by atoms with Gasteiger partial charge in [0, 0.05) is 35.5 Å². The van der Waals surface area contributed by atoms with Gasteiger partial charge in [0.15, 0.2) is 0 Å². The van der Waals surface area contributed by atoms with Gasteiger partial charge in [0.1, 0.15) is 0 Å². The van der Waals surface area contributed by atoms with Gasteiger partial charge in [-0.2, -0.15) is 0 Å². The minimum absolute atomic E-state index is 1.22. The number of hydrogen-bond donors (Lipinski definition) is 0. The van der Waals surface area contributed by atoms with Gasteiger partial charge in [-0.05, 0) is 40.8 Å². The maximum atomic E-state index is 2.45. The zero-order valence-electron chi connectivity index (χ0n) is 12.5. The summed E-state index contributed by atoms with van der Waals surface area (Å²) in [4.78, 5) is 1.55. The predicted octanol–water partition coefficient (Wildman–Crippen LogP) is 6.35. The topological polar surface area (TPSA) is 0 Å². The summed E-state index contributed by atoms with van der Waals surface area (Å²) in [5.41, 5.74) is 0. The van der Waals surface area contributed by atoms with Crippen molar-refractivity contribution in [3.05, 3.63) is 67.5 Å². The Bertz CT molecular complexity index is 1210. The predicted molar refractivity (Wildman–Crippen MR) is 97.6 cm³/mol. The Morgan fingerprint density at radius 1 is 0.909 bits per heavy atom. The molecule has 0 radical (unpaired) electrons. The largest absolute Gasteiger partial charge is 0.143 e. The molecule has 4 aromatic rings. The summed E-state index contributed by atoms with van der Waals surface area (Å²) in [6, 6.07) is 13.6. The van der Waals surface area contributed by atoms with E-state index in [1.54, 1.807) is 4.88 Å². The quantitative estimate of drug-likeness (QED) is 0.363. The van der Waals surface area contributed by atoms with Crippen molar-refractivity contribution >= 4 is 42.8 Å². The van der Waals surface area contributed by atoms with Gasteiger partial charge in [-0.3, -0.25) is 0 Å². The molecule has 0 N–H and O–H groups in total. The number of hydrogen-bond acceptors (Lipinski definition) is 2. The third-order valence-corrected chi connectivity index (χ3v) is 6.84. The molecule has 0 saturated carbocycles. The lowest BCUT2D eigenvalue weighted by Gasteiger charge is -2.07. The maximum Gasteiger partial charge on any atom is 0.0445 e. The summed E-state index contributed by atoms with van der Waals surface area (Å²) in [7, 11) is 0. The fraction of sp³-hybridized carbons (Fsp3) is 0.200. The molecule has 0 fully saturated rings. The van der Waals surface area contributed by atoms with Gasteiger partial charge in [-0.25, -0.2) is 0 Å². The molecule has 2 heterocycles. The minimum Gasteiger partial charge on any atom is -0.143 e. The average Bonchev–Trinajstić information content (AvgIpc) is 3.14. The van der Waals surface area contributed by atoms with Crippen molar-refractivity contribution in [3.63, 3.8) is 0 Å². The first-order chi connectivity index (χ1) is 10.9. The first-order valence-electron chi connectivity index (χ1n) is 7.94. The Balaban J connectivity index is 1.99. The molecule has 1 aliphatic rings. The van der Waals surface area contributed by atoms with Crippen molar-refractivity contribution in [2.45, 2.75) is 26.2 Å². The van der Waals surface area contributed by atoms with E-state index in [2.05, 4.69) is 48.7 Å². The third kappa shape index (κ3) is 1.57. The molecule has 1 aliphatic carbocycles. The fourth-order valence-corrected chi connectivity index (χ4v) is 5.89. The summed E-state index contributed by atoms with van der Waals surface area (Å²) < 4.78 is 2.98. The summed E-state index contributed by atoms with van der Waals surface area (Å²) >= 11 is 3.91. The molecule has 108 valence electrons. The van der Waals surface area contributed by atoms with E-state index >= 15 is 0 Å². The van der Waals surface area contributed by atoms with E-state index < -0.39 is 0 Å². The van der Waals surface area contributed by atoms with E-state index in [4.69, 9.17) is 0 Å². The monoisotopic (exact) mass is 320 g/mol. The summed E-state index contributed by atoms with van der Waals surface area (Å²) in [5, 5.41) is 11.0. The van der Waals surface area contributed by atoms with Crippen LogP contribution in [-0.2, 0) is 6.42 Å². The molecular formula is C20H16S2. The van der Waals surface area contributed by atoms with Gasteiger partial charge < -0.3 is 0 Å². The standard InChI is InChI=1S/C20H16S2/c1-2-3-6-12-11-16-19-15(9-10-21-19)17-13-7-4-5-8-14(13)18(17)20(16)22-12/h4-5,7-11H,2-3,6H2,1H3. The van der Waals surface area contributed by atoms with Gasteiger partial charge in [0.05, 0.1) is 0 Å². The number of aryl methyl sites for hydroxylation is 1. The second-order valence-electron chi connectivity index (χ2n) is 6.02. The van der Waals surface area contributed by atoms with Crippen LogP contribution in [0.25, 0.3) is 20.2 Å². The van der Waals surface area contributed by atoms with Gasteiger partial charge in [-0.15, -0.1) is 22.7 Å². The van der Waals surface area contributed by atoms with Crippen LogP contribution in [0.1, 0.15) is 24.6 Å².